The van der Waals surface area contributed by atoms with E-state index >= 15 is 0 Å². The Hall–Kier alpha value is -3.28. The van der Waals surface area contributed by atoms with Crippen molar-refractivity contribution in [2.24, 2.45) is 0 Å². The van der Waals surface area contributed by atoms with Crippen LogP contribution in [0.1, 0.15) is 18.1 Å². The van der Waals surface area contributed by atoms with Crippen LogP contribution in [0.5, 0.6) is 5.75 Å². The second kappa shape index (κ2) is 10.7. The molecule has 2 rings (SSSR count). The van der Waals surface area contributed by atoms with Gasteiger partial charge in [-0.3, -0.25) is 0 Å². The van der Waals surface area contributed by atoms with Gasteiger partial charge in [-0.15, -0.1) is 0 Å². The predicted octanol–water partition coefficient (Wildman–Crippen LogP) is 3.57. The van der Waals surface area contributed by atoms with Crippen molar-refractivity contribution in [2.45, 2.75) is 13.5 Å². The van der Waals surface area contributed by atoms with E-state index < -0.39 is 12.1 Å². The van der Waals surface area contributed by atoms with Crippen molar-refractivity contribution in [2.75, 3.05) is 20.3 Å². The number of amides is 1. The van der Waals surface area contributed by atoms with Gasteiger partial charge >= 0.3 is 12.1 Å². The summed E-state index contributed by atoms with van der Waals surface area (Å²) in [6.45, 7) is 2.31. The lowest BCUT2D eigenvalue weighted by Crippen LogP contribution is -2.26. The van der Waals surface area contributed by atoms with Crippen molar-refractivity contribution >= 4 is 17.6 Å². The van der Waals surface area contributed by atoms with E-state index in [4.69, 9.17) is 14.2 Å². The summed E-state index contributed by atoms with van der Waals surface area (Å²) in [6, 6.07) is 16.6. The average molecular weight is 369 g/mol. The molecule has 0 fully saturated rings. The highest BCUT2D eigenvalue weighted by Gasteiger charge is 2.09. The summed E-state index contributed by atoms with van der Waals surface area (Å²) in [7, 11) is 1.58. The van der Waals surface area contributed by atoms with Crippen LogP contribution in [-0.2, 0) is 20.9 Å². The number of esters is 1. The topological polar surface area (TPSA) is 73.9 Å². The Kier molecular flexibility index (Phi) is 7.91. The lowest BCUT2D eigenvalue weighted by atomic mass is 10.1. The van der Waals surface area contributed by atoms with Crippen molar-refractivity contribution in [3.05, 3.63) is 71.8 Å². The van der Waals surface area contributed by atoms with Crippen molar-refractivity contribution in [1.82, 2.24) is 5.32 Å². The van der Waals surface area contributed by atoms with Crippen LogP contribution in [0.2, 0.25) is 0 Å². The highest BCUT2D eigenvalue weighted by atomic mass is 16.5. The van der Waals surface area contributed by atoms with Crippen LogP contribution in [0.4, 0.5) is 4.79 Å². The molecule has 6 heteroatoms. The molecule has 2 aromatic rings. The van der Waals surface area contributed by atoms with Crippen LogP contribution >= 0.6 is 0 Å². The normalized spacial score (nSPS) is 10.8. The lowest BCUT2D eigenvalue weighted by Gasteiger charge is -2.11. The molecule has 0 aliphatic heterocycles. The first kappa shape index (κ1) is 20.0. The van der Waals surface area contributed by atoms with E-state index in [1.165, 1.54) is 6.08 Å². The molecule has 1 N–H and O–H groups in total. The highest BCUT2D eigenvalue weighted by Crippen LogP contribution is 2.18. The number of nitrogens with one attached hydrogen (secondary N) is 1. The smallest absolute Gasteiger partial charge is 0.407 e. The van der Waals surface area contributed by atoms with Crippen LogP contribution in [-0.4, -0.2) is 32.3 Å². The number of alkyl carbamates (subject to hydrolysis) is 1. The molecule has 0 heterocycles. The maximum absolute atomic E-state index is 12.0. The number of hydrogen-bond donors (Lipinski definition) is 1. The second-order valence-corrected chi connectivity index (χ2v) is 5.57. The fourth-order valence-corrected chi connectivity index (χ4v) is 2.31. The molecular weight excluding hydrogens is 346 g/mol. The van der Waals surface area contributed by atoms with E-state index in [0.29, 0.717) is 11.3 Å². The van der Waals surface area contributed by atoms with Crippen molar-refractivity contribution in [3.63, 3.8) is 0 Å². The van der Waals surface area contributed by atoms with Crippen molar-refractivity contribution in [1.29, 1.82) is 0 Å². The second-order valence-electron chi connectivity index (χ2n) is 5.57. The molecular formula is C21H23NO5. The molecule has 142 valence electrons. The summed E-state index contributed by atoms with van der Waals surface area (Å²) in [5, 5.41) is 2.66. The van der Waals surface area contributed by atoms with E-state index in [1.54, 1.807) is 38.3 Å². The Balaban J connectivity index is 2.00. The van der Waals surface area contributed by atoms with Gasteiger partial charge < -0.3 is 19.5 Å². The van der Waals surface area contributed by atoms with Gasteiger partial charge in [0, 0.05) is 12.6 Å². The Morgan fingerprint density at radius 3 is 2.33 bits per heavy atom. The highest BCUT2D eigenvalue weighted by molar-refractivity contribution is 5.92. The average Bonchev–Trinajstić information content (AvgIpc) is 2.70. The number of methoxy groups -OCH3 is 1. The summed E-state index contributed by atoms with van der Waals surface area (Å²) >= 11 is 0. The fraction of sp³-hybridized carbons (Fsp3) is 0.238. The van der Waals surface area contributed by atoms with Crippen molar-refractivity contribution < 1.29 is 23.8 Å². The number of carbonyl (C=O) groups is 2. The third-order valence-electron chi connectivity index (χ3n) is 3.68. The summed E-state index contributed by atoms with van der Waals surface area (Å²) in [6.07, 6.45) is 0.796. The van der Waals surface area contributed by atoms with Gasteiger partial charge in [0.05, 0.1) is 13.7 Å². The van der Waals surface area contributed by atoms with Gasteiger partial charge in [-0.05, 0) is 35.8 Å². The van der Waals surface area contributed by atoms with Crippen LogP contribution in [0.3, 0.4) is 0 Å². The zero-order valence-corrected chi connectivity index (χ0v) is 15.4. The molecule has 0 bridgehead atoms. The van der Waals surface area contributed by atoms with E-state index in [-0.39, 0.29) is 19.8 Å². The molecule has 0 saturated heterocycles. The molecule has 0 spiro atoms. The first-order chi connectivity index (χ1) is 13.1. The van der Waals surface area contributed by atoms with Gasteiger partial charge in [0.1, 0.15) is 12.4 Å². The first-order valence-electron chi connectivity index (χ1n) is 8.58. The molecule has 0 saturated carbocycles. The third-order valence-corrected chi connectivity index (χ3v) is 3.68. The molecule has 0 aromatic heterocycles. The molecule has 6 nitrogen and oxygen atoms in total. The van der Waals surface area contributed by atoms with Gasteiger partial charge in [0.15, 0.2) is 0 Å². The summed E-state index contributed by atoms with van der Waals surface area (Å²) in [4.78, 5) is 23.8. The molecule has 0 aliphatic rings. The molecule has 1 amide bonds. The predicted molar refractivity (Wildman–Crippen MR) is 102 cm³/mol. The van der Waals surface area contributed by atoms with Gasteiger partial charge in [0.25, 0.3) is 0 Å². The van der Waals surface area contributed by atoms with Crippen LogP contribution in [0.15, 0.2) is 60.7 Å². The van der Waals surface area contributed by atoms with E-state index in [2.05, 4.69) is 5.32 Å². The Morgan fingerprint density at radius 2 is 1.70 bits per heavy atom. The molecule has 0 radical (unpaired) electrons. The molecule has 0 atom stereocenters. The third kappa shape index (κ3) is 6.86. The molecule has 27 heavy (non-hydrogen) atoms. The fourth-order valence-electron chi connectivity index (χ4n) is 2.31. The maximum Gasteiger partial charge on any atom is 0.407 e. The summed E-state index contributed by atoms with van der Waals surface area (Å²) in [5.74, 6) is 0.229. The first-order valence-corrected chi connectivity index (χ1v) is 8.58. The van der Waals surface area contributed by atoms with E-state index in [9.17, 15) is 9.59 Å². The summed E-state index contributed by atoms with van der Waals surface area (Å²) in [5.41, 5.74) is 2.27. The monoisotopic (exact) mass is 369 g/mol. The van der Waals surface area contributed by atoms with Crippen LogP contribution in [0, 0.1) is 0 Å². The van der Waals surface area contributed by atoms with Crippen molar-refractivity contribution in [3.8, 4) is 5.75 Å². The molecule has 0 unspecified atom stereocenters. The van der Waals surface area contributed by atoms with E-state index in [1.807, 2.05) is 30.3 Å². The Labute approximate surface area is 158 Å². The van der Waals surface area contributed by atoms with E-state index in [0.717, 1.165) is 11.1 Å². The minimum atomic E-state index is -0.567. The van der Waals surface area contributed by atoms with Crippen LogP contribution in [0.25, 0.3) is 5.57 Å². The maximum atomic E-state index is 12.0. The number of hydrogen-bond acceptors (Lipinski definition) is 5. The lowest BCUT2D eigenvalue weighted by molar-refractivity contribution is -0.137. The minimum absolute atomic E-state index is 0.124. The number of ether oxygens (including phenoxy) is 3. The number of benzene rings is 2. The minimum Gasteiger partial charge on any atom is -0.497 e. The SMILES string of the molecule is CCOC(=O)/C=C(/CNC(=O)OCc1ccccc1)c1ccc(OC)cc1. The van der Waals surface area contributed by atoms with Gasteiger partial charge in [-0.25, -0.2) is 9.59 Å². The standard InChI is InChI=1S/C21H23NO5/c1-3-26-20(23)13-18(17-9-11-19(25-2)12-10-17)14-22-21(24)27-15-16-7-5-4-6-8-16/h4-13H,3,14-15H2,1-2H3,(H,22,24)/b18-13-. The molecule has 0 aliphatic carbocycles. The Bertz CT molecular complexity index is 769. The Morgan fingerprint density at radius 1 is 1.00 bits per heavy atom. The van der Waals surface area contributed by atoms with Gasteiger partial charge in [-0.1, -0.05) is 42.5 Å². The largest absolute Gasteiger partial charge is 0.497 e. The zero-order chi connectivity index (χ0) is 19.5. The van der Waals surface area contributed by atoms with Gasteiger partial charge in [-0.2, -0.15) is 0 Å². The van der Waals surface area contributed by atoms with Gasteiger partial charge in [0.2, 0.25) is 0 Å². The van der Waals surface area contributed by atoms with Crippen LogP contribution < -0.4 is 10.1 Å². The number of rotatable bonds is 8. The molecule has 2 aromatic carbocycles. The number of carbonyl (C=O) groups excluding carboxylic acids is 2. The zero-order valence-electron chi connectivity index (χ0n) is 15.4. The summed E-state index contributed by atoms with van der Waals surface area (Å²) < 4.78 is 15.3. The quantitative estimate of drug-likeness (QED) is 0.569.